The number of hydrogen-bond acceptors (Lipinski definition) is 3. The zero-order valence-corrected chi connectivity index (χ0v) is 13.0. The highest BCUT2D eigenvalue weighted by atomic mass is 16.3. The number of hydrogen-bond donors (Lipinski definition) is 1. The molecule has 1 N–H and O–H groups in total. The molecule has 1 atom stereocenters. The average Bonchev–Trinajstić information content (AvgIpc) is 2.95. The van der Waals surface area contributed by atoms with Crippen LogP contribution < -0.4 is 5.32 Å². The van der Waals surface area contributed by atoms with Crippen LogP contribution in [0.3, 0.4) is 0 Å². The third-order valence-corrected chi connectivity index (χ3v) is 3.72. The largest absolute Gasteiger partial charge is 0.468 e. The minimum atomic E-state index is -0.0588. The molecule has 112 valence electrons. The molecule has 0 saturated carbocycles. The van der Waals surface area contributed by atoms with E-state index in [0.717, 1.165) is 11.3 Å². The van der Waals surface area contributed by atoms with Gasteiger partial charge < -0.3 is 9.73 Å². The van der Waals surface area contributed by atoms with Crippen LogP contribution in [0.1, 0.15) is 33.3 Å². The van der Waals surface area contributed by atoms with E-state index in [1.165, 1.54) is 5.56 Å². The van der Waals surface area contributed by atoms with Crippen LogP contribution in [0.4, 0.5) is 0 Å². The lowest BCUT2D eigenvalue weighted by Crippen LogP contribution is -2.34. The lowest BCUT2D eigenvalue weighted by Gasteiger charge is -2.22. The van der Waals surface area contributed by atoms with Crippen LogP contribution in [0.5, 0.6) is 0 Å². The first kappa shape index (κ1) is 15.3. The molecule has 1 aromatic heterocycles. The maximum absolute atomic E-state index is 12.2. The van der Waals surface area contributed by atoms with E-state index in [0.29, 0.717) is 12.1 Å². The molecule has 0 fully saturated rings. The van der Waals surface area contributed by atoms with Crippen LogP contribution in [-0.4, -0.2) is 31.4 Å². The average molecular weight is 286 g/mol. The summed E-state index contributed by atoms with van der Waals surface area (Å²) in [5, 5.41) is 2.97. The van der Waals surface area contributed by atoms with E-state index in [2.05, 4.69) is 5.32 Å². The summed E-state index contributed by atoms with van der Waals surface area (Å²) in [7, 11) is 3.94. The molecule has 0 aliphatic carbocycles. The summed E-state index contributed by atoms with van der Waals surface area (Å²) >= 11 is 0. The fraction of sp³-hybridized carbons (Fsp3) is 0.353. The van der Waals surface area contributed by atoms with Crippen molar-refractivity contribution in [2.75, 3.05) is 20.6 Å². The van der Waals surface area contributed by atoms with Crippen LogP contribution in [-0.2, 0) is 0 Å². The predicted molar refractivity (Wildman–Crippen MR) is 83.4 cm³/mol. The van der Waals surface area contributed by atoms with Crippen molar-refractivity contribution in [3.8, 4) is 0 Å². The van der Waals surface area contributed by atoms with Gasteiger partial charge in [-0.2, -0.15) is 0 Å². The molecule has 0 aliphatic heterocycles. The molecule has 4 nitrogen and oxygen atoms in total. The molecule has 2 aromatic rings. The molecular formula is C17H22N2O2. The van der Waals surface area contributed by atoms with Gasteiger partial charge in [0.25, 0.3) is 5.91 Å². The molecule has 0 aliphatic rings. The second kappa shape index (κ2) is 6.59. The van der Waals surface area contributed by atoms with Crippen molar-refractivity contribution in [1.29, 1.82) is 0 Å². The summed E-state index contributed by atoms with van der Waals surface area (Å²) in [4.78, 5) is 14.3. The number of nitrogens with one attached hydrogen (secondary N) is 1. The predicted octanol–water partition coefficient (Wildman–Crippen LogP) is 2.93. The third kappa shape index (κ3) is 3.73. The summed E-state index contributed by atoms with van der Waals surface area (Å²) in [6.45, 7) is 4.56. The van der Waals surface area contributed by atoms with Crippen molar-refractivity contribution in [2.24, 2.45) is 0 Å². The Morgan fingerprint density at radius 2 is 2.00 bits per heavy atom. The molecule has 0 saturated heterocycles. The second-order valence-electron chi connectivity index (χ2n) is 5.50. The number of nitrogens with zero attached hydrogens (tertiary/aromatic N) is 1. The molecule has 0 bridgehead atoms. The van der Waals surface area contributed by atoms with Gasteiger partial charge in [-0.15, -0.1) is 0 Å². The highest BCUT2D eigenvalue weighted by molar-refractivity contribution is 5.94. The highest BCUT2D eigenvalue weighted by Crippen LogP contribution is 2.18. The van der Waals surface area contributed by atoms with Gasteiger partial charge >= 0.3 is 0 Å². The molecule has 1 amide bonds. The minimum absolute atomic E-state index is 0.0236. The molecule has 4 heteroatoms. The summed E-state index contributed by atoms with van der Waals surface area (Å²) in [5.41, 5.74) is 3.00. The number of aryl methyl sites for hydroxylation is 2. The van der Waals surface area contributed by atoms with E-state index >= 15 is 0 Å². The minimum Gasteiger partial charge on any atom is -0.468 e. The topological polar surface area (TPSA) is 45.5 Å². The smallest absolute Gasteiger partial charge is 0.251 e. The lowest BCUT2D eigenvalue weighted by atomic mass is 10.1. The SMILES string of the molecule is Cc1ccc(C(=O)NCC(c2ccco2)N(C)C)cc1C. The Morgan fingerprint density at radius 3 is 2.57 bits per heavy atom. The molecular weight excluding hydrogens is 264 g/mol. The fourth-order valence-electron chi connectivity index (χ4n) is 2.19. The van der Waals surface area contributed by atoms with E-state index in [9.17, 15) is 4.79 Å². The van der Waals surface area contributed by atoms with Crippen LogP contribution in [0.2, 0.25) is 0 Å². The van der Waals surface area contributed by atoms with Crippen molar-refractivity contribution in [2.45, 2.75) is 19.9 Å². The Labute approximate surface area is 125 Å². The van der Waals surface area contributed by atoms with Crippen molar-refractivity contribution in [1.82, 2.24) is 10.2 Å². The van der Waals surface area contributed by atoms with Gasteiger partial charge in [-0.05, 0) is 63.3 Å². The maximum Gasteiger partial charge on any atom is 0.251 e. The van der Waals surface area contributed by atoms with Gasteiger partial charge in [0.15, 0.2) is 0 Å². The Morgan fingerprint density at radius 1 is 1.24 bits per heavy atom. The number of carbonyl (C=O) groups is 1. The number of likely N-dealkylation sites (N-methyl/N-ethyl adjacent to an activating group) is 1. The Balaban J connectivity index is 2.03. The summed E-state index contributed by atoms with van der Waals surface area (Å²) < 4.78 is 5.44. The van der Waals surface area contributed by atoms with Crippen molar-refractivity contribution >= 4 is 5.91 Å². The van der Waals surface area contributed by atoms with Crippen LogP contribution in [0, 0.1) is 13.8 Å². The van der Waals surface area contributed by atoms with Gasteiger partial charge in [-0.3, -0.25) is 9.69 Å². The van der Waals surface area contributed by atoms with Crippen molar-refractivity contribution in [3.63, 3.8) is 0 Å². The lowest BCUT2D eigenvalue weighted by molar-refractivity contribution is 0.0939. The van der Waals surface area contributed by atoms with E-state index in [1.807, 2.05) is 63.2 Å². The van der Waals surface area contributed by atoms with Crippen molar-refractivity contribution in [3.05, 3.63) is 59.0 Å². The Kier molecular flexibility index (Phi) is 4.81. The number of carbonyl (C=O) groups excluding carboxylic acids is 1. The van der Waals surface area contributed by atoms with E-state index < -0.39 is 0 Å². The molecule has 2 rings (SSSR count). The van der Waals surface area contributed by atoms with Gasteiger partial charge in [-0.1, -0.05) is 6.07 Å². The van der Waals surface area contributed by atoms with E-state index in [-0.39, 0.29) is 11.9 Å². The second-order valence-corrected chi connectivity index (χ2v) is 5.50. The van der Waals surface area contributed by atoms with Crippen LogP contribution in [0.15, 0.2) is 41.0 Å². The summed E-state index contributed by atoms with van der Waals surface area (Å²) in [6, 6.07) is 9.55. The Bertz CT molecular complexity index is 603. The Hall–Kier alpha value is -2.07. The van der Waals surface area contributed by atoms with Gasteiger partial charge in [-0.25, -0.2) is 0 Å². The number of benzene rings is 1. The maximum atomic E-state index is 12.2. The summed E-state index contributed by atoms with van der Waals surface area (Å²) in [6.07, 6.45) is 1.65. The third-order valence-electron chi connectivity index (χ3n) is 3.72. The highest BCUT2D eigenvalue weighted by Gasteiger charge is 2.18. The van der Waals surface area contributed by atoms with Crippen LogP contribution in [0.25, 0.3) is 0 Å². The first-order chi connectivity index (χ1) is 9.99. The number of amides is 1. The monoisotopic (exact) mass is 286 g/mol. The quantitative estimate of drug-likeness (QED) is 0.919. The number of furan rings is 1. The fourth-order valence-corrected chi connectivity index (χ4v) is 2.19. The summed E-state index contributed by atoms with van der Waals surface area (Å²) in [5.74, 6) is 0.789. The normalized spacial score (nSPS) is 12.4. The van der Waals surface area contributed by atoms with Gasteiger partial charge in [0.1, 0.15) is 5.76 Å². The zero-order chi connectivity index (χ0) is 15.4. The molecule has 0 radical (unpaired) electrons. The van der Waals surface area contributed by atoms with Crippen molar-refractivity contribution < 1.29 is 9.21 Å². The molecule has 1 heterocycles. The first-order valence-corrected chi connectivity index (χ1v) is 7.04. The van der Waals surface area contributed by atoms with Gasteiger partial charge in [0, 0.05) is 12.1 Å². The van der Waals surface area contributed by atoms with E-state index in [1.54, 1.807) is 6.26 Å². The molecule has 0 spiro atoms. The number of rotatable bonds is 5. The molecule has 1 unspecified atom stereocenters. The zero-order valence-electron chi connectivity index (χ0n) is 13.0. The molecule has 1 aromatic carbocycles. The van der Waals surface area contributed by atoms with Gasteiger partial charge in [0.05, 0.1) is 12.3 Å². The van der Waals surface area contributed by atoms with E-state index in [4.69, 9.17) is 4.42 Å². The van der Waals surface area contributed by atoms with Crippen LogP contribution >= 0.6 is 0 Å². The molecule has 21 heavy (non-hydrogen) atoms. The first-order valence-electron chi connectivity index (χ1n) is 7.04. The van der Waals surface area contributed by atoms with Gasteiger partial charge in [0.2, 0.25) is 0 Å². The standard InChI is InChI=1S/C17H22N2O2/c1-12-7-8-14(10-13(12)2)17(20)18-11-15(19(3)4)16-6-5-9-21-16/h5-10,15H,11H2,1-4H3,(H,18,20).